The number of hydrogen-bond donors (Lipinski definition) is 1. The van der Waals surface area contributed by atoms with Crippen molar-refractivity contribution < 1.29 is 9.53 Å². The lowest BCUT2D eigenvalue weighted by Crippen LogP contribution is -2.33. The standard InChI is InChI=1S/C14H23NO2/c1-10(2)17-7-3-6-15-14(16)13-9-11-4-5-12(13)8-11/h4-5,10-13H,3,6-9H2,1-2H3,(H,15,16). The Hall–Kier alpha value is -0.830. The van der Waals surface area contributed by atoms with Gasteiger partial charge in [-0.2, -0.15) is 0 Å². The molecular weight excluding hydrogens is 214 g/mol. The fourth-order valence-corrected chi connectivity index (χ4v) is 2.82. The Bertz CT molecular complexity index is 299. The van der Waals surface area contributed by atoms with Crippen molar-refractivity contribution in [2.24, 2.45) is 17.8 Å². The van der Waals surface area contributed by atoms with Gasteiger partial charge in [0.25, 0.3) is 0 Å². The fourth-order valence-electron chi connectivity index (χ4n) is 2.82. The maximum absolute atomic E-state index is 11.9. The van der Waals surface area contributed by atoms with Crippen LogP contribution in [0.15, 0.2) is 12.2 Å². The normalized spacial score (nSPS) is 30.2. The zero-order chi connectivity index (χ0) is 12.3. The average Bonchev–Trinajstić information content (AvgIpc) is 2.89. The molecule has 1 N–H and O–H groups in total. The number of amides is 1. The lowest BCUT2D eigenvalue weighted by atomic mass is 9.93. The molecule has 0 aromatic rings. The summed E-state index contributed by atoms with van der Waals surface area (Å²) in [5, 5.41) is 3.03. The zero-order valence-corrected chi connectivity index (χ0v) is 10.8. The van der Waals surface area contributed by atoms with Gasteiger partial charge in [-0.05, 0) is 44.9 Å². The van der Waals surface area contributed by atoms with Gasteiger partial charge in [0, 0.05) is 19.1 Å². The van der Waals surface area contributed by atoms with E-state index in [0.29, 0.717) is 11.8 Å². The van der Waals surface area contributed by atoms with Crippen molar-refractivity contribution in [3.63, 3.8) is 0 Å². The monoisotopic (exact) mass is 237 g/mol. The molecular formula is C14H23NO2. The summed E-state index contributed by atoms with van der Waals surface area (Å²) in [4.78, 5) is 11.9. The van der Waals surface area contributed by atoms with Gasteiger partial charge in [0.15, 0.2) is 0 Å². The summed E-state index contributed by atoms with van der Waals surface area (Å²) < 4.78 is 5.44. The van der Waals surface area contributed by atoms with E-state index >= 15 is 0 Å². The second kappa shape index (κ2) is 5.67. The Labute approximate surface area is 104 Å². The van der Waals surface area contributed by atoms with Crippen LogP contribution in [0.25, 0.3) is 0 Å². The van der Waals surface area contributed by atoms with E-state index in [-0.39, 0.29) is 17.9 Å². The molecule has 2 bridgehead atoms. The summed E-state index contributed by atoms with van der Waals surface area (Å²) in [5.74, 6) is 1.65. The number of carbonyl (C=O) groups is 1. The first-order valence-corrected chi connectivity index (χ1v) is 6.74. The van der Waals surface area contributed by atoms with Crippen LogP contribution in [-0.2, 0) is 9.53 Å². The van der Waals surface area contributed by atoms with Crippen LogP contribution in [0.4, 0.5) is 0 Å². The van der Waals surface area contributed by atoms with E-state index in [2.05, 4.69) is 17.5 Å². The van der Waals surface area contributed by atoms with Crippen molar-refractivity contribution in [3.8, 4) is 0 Å². The molecule has 3 nitrogen and oxygen atoms in total. The largest absolute Gasteiger partial charge is 0.379 e. The highest BCUT2D eigenvalue weighted by atomic mass is 16.5. The van der Waals surface area contributed by atoms with Gasteiger partial charge in [0.05, 0.1) is 6.10 Å². The quantitative estimate of drug-likeness (QED) is 0.567. The fraction of sp³-hybridized carbons (Fsp3) is 0.786. The van der Waals surface area contributed by atoms with Crippen molar-refractivity contribution in [2.45, 2.75) is 39.2 Å². The van der Waals surface area contributed by atoms with Gasteiger partial charge in [0.2, 0.25) is 5.91 Å². The predicted octanol–water partition coefficient (Wildman–Crippen LogP) is 2.13. The average molecular weight is 237 g/mol. The topological polar surface area (TPSA) is 38.3 Å². The minimum Gasteiger partial charge on any atom is -0.379 e. The lowest BCUT2D eigenvalue weighted by Gasteiger charge is -2.17. The molecule has 2 aliphatic carbocycles. The molecule has 1 amide bonds. The third kappa shape index (κ3) is 3.32. The molecule has 0 radical (unpaired) electrons. The van der Waals surface area contributed by atoms with Crippen LogP contribution in [0, 0.1) is 17.8 Å². The van der Waals surface area contributed by atoms with Crippen LogP contribution >= 0.6 is 0 Å². The van der Waals surface area contributed by atoms with Crippen molar-refractivity contribution in [3.05, 3.63) is 12.2 Å². The van der Waals surface area contributed by atoms with Crippen LogP contribution in [0.3, 0.4) is 0 Å². The molecule has 0 aliphatic heterocycles. The molecule has 0 spiro atoms. The minimum atomic E-state index is 0.232. The number of fused-ring (bicyclic) bond motifs is 2. The molecule has 1 saturated carbocycles. The van der Waals surface area contributed by atoms with Crippen LogP contribution in [0.1, 0.15) is 33.1 Å². The first-order chi connectivity index (χ1) is 8.16. The molecule has 96 valence electrons. The highest BCUT2D eigenvalue weighted by Crippen LogP contribution is 2.43. The summed E-state index contributed by atoms with van der Waals surface area (Å²) in [6, 6.07) is 0. The Morgan fingerprint density at radius 1 is 1.41 bits per heavy atom. The molecule has 17 heavy (non-hydrogen) atoms. The van der Waals surface area contributed by atoms with Crippen molar-refractivity contribution in [2.75, 3.05) is 13.2 Å². The second-order valence-electron chi connectivity index (χ2n) is 5.45. The van der Waals surface area contributed by atoms with E-state index in [1.54, 1.807) is 0 Å². The van der Waals surface area contributed by atoms with Gasteiger partial charge in [-0.25, -0.2) is 0 Å². The molecule has 1 fully saturated rings. The summed E-state index contributed by atoms with van der Waals surface area (Å²) in [7, 11) is 0. The number of rotatable bonds is 6. The van der Waals surface area contributed by atoms with Gasteiger partial charge in [0.1, 0.15) is 0 Å². The van der Waals surface area contributed by atoms with Crippen LogP contribution in [0.5, 0.6) is 0 Å². The maximum atomic E-state index is 11.9. The van der Waals surface area contributed by atoms with E-state index in [0.717, 1.165) is 26.0 Å². The highest BCUT2D eigenvalue weighted by molar-refractivity contribution is 5.79. The predicted molar refractivity (Wildman–Crippen MR) is 67.6 cm³/mol. The summed E-state index contributed by atoms with van der Waals surface area (Å²) >= 11 is 0. The highest BCUT2D eigenvalue weighted by Gasteiger charge is 2.39. The molecule has 3 atom stereocenters. The van der Waals surface area contributed by atoms with Gasteiger partial charge in [-0.15, -0.1) is 0 Å². The first-order valence-electron chi connectivity index (χ1n) is 6.74. The number of hydrogen-bond acceptors (Lipinski definition) is 2. The van der Waals surface area contributed by atoms with E-state index in [9.17, 15) is 4.79 Å². The van der Waals surface area contributed by atoms with Gasteiger partial charge >= 0.3 is 0 Å². The number of ether oxygens (including phenoxy) is 1. The van der Waals surface area contributed by atoms with E-state index in [1.165, 1.54) is 6.42 Å². The Kier molecular flexibility index (Phi) is 4.21. The van der Waals surface area contributed by atoms with E-state index < -0.39 is 0 Å². The number of allylic oxidation sites excluding steroid dienone is 2. The van der Waals surface area contributed by atoms with Gasteiger partial charge < -0.3 is 10.1 Å². The third-order valence-corrected chi connectivity index (χ3v) is 3.69. The Morgan fingerprint density at radius 3 is 2.82 bits per heavy atom. The third-order valence-electron chi connectivity index (χ3n) is 3.69. The van der Waals surface area contributed by atoms with Crippen molar-refractivity contribution in [1.29, 1.82) is 0 Å². The smallest absolute Gasteiger partial charge is 0.223 e. The maximum Gasteiger partial charge on any atom is 0.223 e. The molecule has 3 heteroatoms. The van der Waals surface area contributed by atoms with E-state index in [1.807, 2.05) is 13.8 Å². The molecule has 2 aliphatic rings. The molecule has 3 unspecified atom stereocenters. The van der Waals surface area contributed by atoms with Crippen molar-refractivity contribution in [1.82, 2.24) is 5.32 Å². The van der Waals surface area contributed by atoms with Crippen LogP contribution in [-0.4, -0.2) is 25.2 Å². The minimum absolute atomic E-state index is 0.232. The summed E-state index contributed by atoms with van der Waals surface area (Å²) in [6.07, 6.45) is 7.91. The van der Waals surface area contributed by atoms with Crippen molar-refractivity contribution >= 4 is 5.91 Å². The van der Waals surface area contributed by atoms with E-state index in [4.69, 9.17) is 4.74 Å². The lowest BCUT2D eigenvalue weighted by molar-refractivity contribution is -0.125. The van der Waals surface area contributed by atoms with Gasteiger partial charge in [-0.3, -0.25) is 4.79 Å². The Morgan fingerprint density at radius 2 is 2.24 bits per heavy atom. The molecule has 2 rings (SSSR count). The zero-order valence-electron chi connectivity index (χ0n) is 10.8. The molecule has 0 heterocycles. The molecule has 0 aromatic carbocycles. The Balaban J connectivity index is 1.60. The van der Waals surface area contributed by atoms with Crippen LogP contribution in [0.2, 0.25) is 0 Å². The molecule has 0 saturated heterocycles. The van der Waals surface area contributed by atoms with Gasteiger partial charge in [-0.1, -0.05) is 12.2 Å². The van der Waals surface area contributed by atoms with Crippen LogP contribution < -0.4 is 5.32 Å². The molecule has 0 aromatic heterocycles. The summed E-state index contributed by atoms with van der Waals surface area (Å²) in [6.45, 7) is 5.53. The number of nitrogens with one attached hydrogen (secondary N) is 1. The summed E-state index contributed by atoms with van der Waals surface area (Å²) in [5.41, 5.74) is 0. The first kappa shape index (κ1) is 12.6. The SMILES string of the molecule is CC(C)OCCCNC(=O)C1CC2C=CC1C2. The number of carbonyl (C=O) groups excluding carboxylic acids is 1. The second-order valence-corrected chi connectivity index (χ2v) is 5.45.